The number of nitrogens with two attached hydrogens (primary N) is 1. The maximum atomic E-state index is 12.8. The van der Waals surface area contributed by atoms with Crippen molar-refractivity contribution in [3.63, 3.8) is 0 Å². The number of primary amides is 1. The number of amides is 1. The third kappa shape index (κ3) is 3.23. The number of nitrogens with zero attached hydrogens (tertiary/aromatic N) is 2. The highest BCUT2D eigenvalue weighted by molar-refractivity contribution is 7.90. The summed E-state index contributed by atoms with van der Waals surface area (Å²) in [6.07, 6.45) is 6.31. The summed E-state index contributed by atoms with van der Waals surface area (Å²) in [4.78, 5) is 29.5. The van der Waals surface area contributed by atoms with Crippen LogP contribution in [0.3, 0.4) is 0 Å². The zero-order valence-electron chi connectivity index (χ0n) is 20.6. The van der Waals surface area contributed by atoms with E-state index in [0.29, 0.717) is 34.2 Å². The minimum atomic E-state index is -3.55. The van der Waals surface area contributed by atoms with Crippen molar-refractivity contribution in [1.29, 1.82) is 0 Å². The van der Waals surface area contributed by atoms with Gasteiger partial charge in [-0.25, -0.2) is 8.42 Å². The summed E-state index contributed by atoms with van der Waals surface area (Å²) < 4.78 is 49.0. The van der Waals surface area contributed by atoms with Crippen LogP contribution in [0.2, 0.25) is 0 Å². The van der Waals surface area contributed by atoms with Crippen LogP contribution in [0.15, 0.2) is 46.3 Å². The van der Waals surface area contributed by atoms with Crippen LogP contribution in [-0.4, -0.2) is 43.2 Å². The van der Waals surface area contributed by atoms with Crippen molar-refractivity contribution in [2.75, 3.05) is 24.2 Å². The number of sulfone groups is 1. The number of hydrogen-bond acceptors (Lipinski definition) is 5. The highest BCUT2D eigenvalue weighted by Gasteiger charge is 2.57. The van der Waals surface area contributed by atoms with Gasteiger partial charge >= 0.3 is 0 Å². The predicted octanol–water partition coefficient (Wildman–Crippen LogP) is 2.03. The third-order valence-corrected chi connectivity index (χ3v) is 8.16. The second-order valence-electron chi connectivity index (χ2n) is 8.94. The molecule has 3 N–H and O–H groups in total. The number of aromatic amines is 1. The largest absolute Gasteiger partial charge is 0.371 e. The number of benzene rings is 1. The van der Waals surface area contributed by atoms with E-state index in [9.17, 15) is 18.0 Å². The fourth-order valence-electron chi connectivity index (χ4n) is 5.10. The molecule has 2 fully saturated rings. The van der Waals surface area contributed by atoms with Crippen LogP contribution in [0.25, 0.3) is 22.0 Å². The van der Waals surface area contributed by atoms with Gasteiger partial charge in [0.1, 0.15) is 5.52 Å². The van der Waals surface area contributed by atoms with E-state index in [4.69, 9.17) is 9.85 Å². The fraction of sp³-hybridized carbons (Fsp3) is 0.391. The smallest absolute Gasteiger partial charge is 0.274 e. The van der Waals surface area contributed by atoms with Gasteiger partial charge < -0.3 is 20.2 Å². The number of fused-ring (bicyclic) bond motifs is 1. The van der Waals surface area contributed by atoms with E-state index in [2.05, 4.69) is 9.88 Å². The van der Waals surface area contributed by atoms with Gasteiger partial charge in [0.25, 0.3) is 5.56 Å². The molecule has 1 saturated carbocycles. The first-order valence-corrected chi connectivity index (χ1v) is 12.3. The Morgan fingerprint density at radius 1 is 1.25 bits per heavy atom. The molecule has 2 aliphatic rings. The number of pyridine rings is 1. The Morgan fingerprint density at radius 2 is 2.00 bits per heavy atom. The third-order valence-electron chi connectivity index (χ3n) is 7.05. The van der Waals surface area contributed by atoms with E-state index >= 15 is 0 Å². The number of rotatable bonds is 4. The second-order valence-corrected chi connectivity index (χ2v) is 11.0. The van der Waals surface area contributed by atoms with E-state index < -0.39 is 22.4 Å². The van der Waals surface area contributed by atoms with Gasteiger partial charge in [-0.1, -0.05) is 0 Å². The highest BCUT2D eigenvalue weighted by atomic mass is 32.2. The fourth-order valence-corrected chi connectivity index (χ4v) is 5.74. The first-order chi connectivity index (χ1) is 16.3. The molecule has 32 heavy (non-hydrogen) atoms. The Hall–Kier alpha value is -3.07. The molecule has 5 rings (SSSR count). The van der Waals surface area contributed by atoms with Crippen molar-refractivity contribution >= 4 is 32.3 Å². The lowest BCUT2D eigenvalue weighted by atomic mass is 9.89. The number of piperidine rings is 1. The molecule has 3 heterocycles. The molecule has 0 bridgehead atoms. The van der Waals surface area contributed by atoms with Crippen molar-refractivity contribution in [2.24, 2.45) is 24.0 Å². The molecule has 1 aliphatic heterocycles. The summed E-state index contributed by atoms with van der Waals surface area (Å²) in [6.45, 7) is -1.43. The molecule has 1 aromatic carbocycles. The van der Waals surface area contributed by atoms with Crippen molar-refractivity contribution in [1.82, 2.24) is 9.55 Å². The zero-order valence-corrected chi connectivity index (χ0v) is 18.4. The lowest BCUT2D eigenvalue weighted by Crippen LogP contribution is -2.36. The molecule has 1 atom stereocenters. The van der Waals surface area contributed by atoms with Gasteiger partial charge in [-0.3, -0.25) is 9.59 Å². The van der Waals surface area contributed by atoms with E-state index in [1.54, 1.807) is 18.3 Å². The Morgan fingerprint density at radius 3 is 2.62 bits per heavy atom. The molecule has 1 amide bonds. The first-order valence-electron chi connectivity index (χ1n) is 11.9. The average molecular weight is 458 g/mol. The summed E-state index contributed by atoms with van der Waals surface area (Å²) in [7, 11) is -3.55. The zero-order chi connectivity index (χ0) is 25.3. The van der Waals surface area contributed by atoms with Crippen LogP contribution < -0.4 is 16.2 Å². The molecule has 8 nitrogen and oxygen atoms in total. The Kier molecular flexibility index (Phi) is 3.80. The number of H-pyrrole nitrogens is 1. The van der Waals surface area contributed by atoms with Gasteiger partial charge in [0.15, 0.2) is 9.84 Å². The second kappa shape index (κ2) is 6.96. The van der Waals surface area contributed by atoms with Crippen LogP contribution in [0.4, 0.5) is 5.69 Å². The number of aryl methyl sites for hydroxylation is 1. The summed E-state index contributed by atoms with van der Waals surface area (Å²) >= 11 is 0. The molecular weight excluding hydrogens is 428 g/mol. The lowest BCUT2D eigenvalue weighted by Gasteiger charge is -2.35. The topological polar surface area (TPSA) is 118 Å². The van der Waals surface area contributed by atoms with Crippen LogP contribution in [0.5, 0.6) is 0 Å². The number of carbonyl (C=O) groups excluding carboxylic acids is 1. The SMILES string of the molecule is [2H]C([2H])([2H])n1cc(-c2cc(S(C)(=O)=O)ccc2N2CCC3(CC2)CC3C(N)=O)c2cc[nH]c2c1=O. The van der Waals surface area contributed by atoms with E-state index in [-0.39, 0.29) is 27.7 Å². The first kappa shape index (κ1) is 17.5. The number of nitrogens with one attached hydrogen (secondary N) is 1. The Labute approximate surface area is 190 Å². The van der Waals surface area contributed by atoms with Crippen LogP contribution >= 0.6 is 0 Å². The highest BCUT2D eigenvalue weighted by Crippen LogP contribution is 2.59. The molecule has 9 heteroatoms. The molecule has 1 saturated heterocycles. The number of hydrogen-bond donors (Lipinski definition) is 2. The summed E-state index contributed by atoms with van der Waals surface area (Å²) in [6, 6.07) is 6.48. The van der Waals surface area contributed by atoms with Gasteiger partial charge in [0.05, 0.1) is 4.90 Å². The molecular formula is C23H26N4O4S. The van der Waals surface area contributed by atoms with E-state index in [0.717, 1.165) is 31.2 Å². The molecule has 1 unspecified atom stereocenters. The van der Waals surface area contributed by atoms with Gasteiger partial charge in [0.2, 0.25) is 5.91 Å². The average Bonchev–Trinajstić information content (AvgIpc) is 3.24. The predicted molar refractivity (Wildman–Crippen MR) is 123 cm³/mol. The molecule has 168 valence electrons. The van der Waals surface area contributed by atoms with E-state index in [1.165, 1.54) is 18.3 Å². The maximum Gasteiger partial charge on any atom is 0.274 e. The quantitative estimate of drug-likeness (QED) is 0.621. The van der Waals surface area contributed by atoms with Crippen molar-refractivity contribution in [2.45, 2.75) is 24.2 Å². The van der Waals surface area contributed by atoms with Gasteiger partial charge in [-0.05, 0) is 48.9 Å². The normalized spacial score (nSPS) is 21.8. The summed E-state index contributed by atoms with van der Waals surface area (Å²) in [5.41, 5.74) is 6.62. The van der Waals surface area contributed by atoms with Crippen LogP contribution in [-0.2, 0) is 21.6 Å². The van der Waals surface area contributed by atoms with Gasteiger partial charge in [-0.15, -0.1) is 0 Å². The van der Waals surface area contributed by atoms with Crippen molar-refractivity contribution in [3.8, 4) is 11.1 Å². The van der Waals surface area contributed by atoms with Crippen molar-refractivity contribution < 1.29 is 17.3 Å². The monoisotopic (exact) mass is 457 g/mol. The maximum absolute atomic E-state index is 12.8. The molecule has 2 aromatic heterocycles. The van der Waals surface area contributed by atoms with Crippen LogP contribution in [0.1, 0.15) is 23.4 Å². The van der Waals surface area contributed by atoms with Crippen molar-refractivity contribution in [3.05, 3.63) is 47.0 Å². The summed E-state index contributed by atoms with van der Waals surface area (Å²) in [5, 5.41) is 0.506. The standard InChI is InChI=1S/C23H26N4O4S/c1-26-13-17(15-5-8-25-20(15)22(26)29)16-11-14(32(2,30)31)3-4-19(16)27-9-6-23(7-10-27)12-18(23)21(24)28/h3-5,8,11,13,18,25H,6-7,9-10,12H2,1-2H3,(H2,24,28)/i1D3. The number of carbonyl (C=O) groups is 1. The van der Waals surface area contributed by atoms with Gasteiger partial charge in [-0.2, -0.15) is 0 Å². The molecule has 3 aromatic rings. The van der Waals surface area contributed by atoms with E-state index in [1.807, 2.05) is 0 Å². The number of aromatic nitrogens is 2. The molecule has 1 aliphatic carbocycles. The van der Waals surface area contributed by atoms with Crippen LogP contribution in [0, 0.1) is 11.3 Å². The minimum absolute atomic E-state index is 0.0579. The van der Waals surface area contributed by atoms with Gasteiger partial charge in [0, 0.05) is 70.9 Å². The Balaban J connectivity index is 1.66. The molecule has 1 spiro atoms. The number of anilines is 1. The lowest BCUT2D eigenvalue weighted by molar-refractivity contribution is -0.120. The summed E-state index contributed by atoms with van der Waals surface area (Å²) in [5.74, 6) is -0.363. The minimum Gasteiger partial charge on any atom is -0.371 e. The molecule has 0 radical (unpaired) electrons. The Bertz CT molecular complexity index is 1520.